The lowest BCUT2D eigenvalue weighted by Gasteiger charge is -2.31. The zero-order valence-corrected chi connectivity index (χ0v) is 17.8. The second-order valence-corrected chi connectivity index (χ2v) is 7.43. The van der Waals surface area contributed by atoms with Crippen molar-refractivity contribution in [3.8, 4) is 0 Å². The molecule has 0 aliphatic carbocycles. The van der Waals surface area contributed by atoms with Crippen LogP contribution in [-0.2, 0) is 22.4 Å². The lowest BCUT2D eigenvalue weighted by atomic mass is 10.0. The number of likely N-dealkylation sites (tertiary alicyclic amines) is 1. The Morgan fingerprint density at radius 2 is 1.93 bits per heavy atom. The van der Waals surface area contributed by atoms with Crippen molar-refractivity contribution in [1.82, 2.24) is 10.2 Å². The SMILES string of the molecule is CNC(CC(C)C)C(=O)N1CCC(=NOCc2cccc(C(F)(F)F)c2)CC1.Cl. The summed E-state index contributed by atoms with van der Waals surface area (Å²) in [7, 11) is 1.80. The molecule has 1 heterocycles. The predicted octanol–water partition coefficient (Wildman–Crippen LogP) is 4.26. The molecule has 1 aromatic carbocycles. The van der Waals surface area contributed by atoms with Crippen LogP contribution in [0.2, 0.25) is 0 Å². The molecule has 5 nitrogen and oxygen atoms in total. The van der Waals surface area contributed by atoms with Crippen LogP contribution < -0.4 is 5.32 Å². The molecule has 1 aliphatic heterocycles. The molecule has 1 fully saturated rings. The number of hydrogen-bond acceptors (Lipinski definition) is 4. The topological polar surface area (TPSA) is 53.9 Å². The summed E-state index contributed by atoms with van der Waals surface area (Å²) in [6, 6.07) is 4.83. The Labute approximate surface area is 176 Å². The standard InChI is InChI=1S/C20H28F3N3O2.ClH/c1-14(2)11-18(24-3)19(27)26-9-7-17(8-10-26)25-28-13-15-5-4-6-16(12-15)20(21,22)23;/h4-6,12,14,18,24H,7-11,13H2,1-3H3;1H. The Kier molecular flexibility index (Phi) is 9.92. The molecule has 0 bridgehead atoms. The number of nitrogens with zero attached hydrogens (tertiary/aromatic N) is 2. The molecule has 0 radical (unpaired) electrons. The molecular weight excluding hydrogens is 407 g/mol. The van der Waals surface area contributed by atoms with Crippen molar-refractivity contribution in [1.29, 1.82) is 0 Å². The second kappa shape index (κ2) is 11.4. The van der Waals surface area contributed by atoms with E-state index in [-0.39, 0.29) is 31.0 Å². The van der Waals surface area contributed by atoms with E-state index in [0.717, 1.165) is 24.3 Å². The highest BCUT2D eigenvalue weighted by molar-refractivity contribution is 5.88. The summed E-state index contributed by atoms with van der Waals surface area (Å²) in [6.07, 6.45) is -2.38. The van der Waals surface area contributed by atoms with E-state index in [1.165, 1.54) is 6.07 Å². The molecule has 2 rings (SSSR count). The number of likely N-dealkylation sites (N-methyl/N-ethyl adjacent to an activating group) is 1. The van der Waals surface area contributed by atoms with Crippen molar-refractivity contribution in [2.75, 3.05) is 20.1 Å². The first-order chi connectivity index (χ1) is 13.2. The fourth-order valence-electron chi connectivity index (χ4n) is 3.15. The Balaban J connectivity index is 0.00000420. The monoisotopic (exact) mass is 435 g/mol. The van der Waals surface area contributed by atoms with Gasteiger partial charge < -0.3 is 15.1 Å². The van der Waals surface area contributed by atoms with Gasteiger partial charge in [-0.2, -0.15) is 13.2 Å². The molecule has 29 heavy (non-hydrogen) atoms. The minimum atomic E-state index is -4.37. The van der Waals surface area contributed by atoms with E-state index in [9.17, 15) is 18.0 Å². The number of oxime groups is 1. The number of benzene rings is 1. The third-order valence-corrected chi connectivity index (χ3v) is 4.69. The number of hydrogen-bond donors (Lipinski definition) is 1. The molecule has 1 amide bonds. The average Bonchev–Trinajstić information content (AvgIpc) is 2.65. The van der Waals surface area contributed by atoms with Crippen LogP contribution in [-0.4, -0.2) is 42.7 Å². The van der Waals surface area contributed by atoms with Crippen LogP contribution in [0.4, 0.5) is 13.2 Å². The molecule has 1 unspecified atom stereocenters. The third kappa shape index (κ3) is 7.85. The lowest BCUT2D eigenvalue weighted by Crippen LogP contribution is -2.48. The minimum Gasteiger partial charge on any atom is -0.391 e. The Hall–Kier alpha value is -1.80. The van der Waals surface area contributed by atoms with E-state index in [1.54, 1.807) is 13.1 Å². The Morgan fingerprint density at radius 3 is 2.48 bits per heavy atom. The highest BCUT2D eigenvalue weighted by Crippen LogP contribution is 2.29. The van der Waals surface area contributed by atoms with Crippen LogP contribution in [0.25, 0.3) is 0 Å². The largest absolute Gasteiger partial charge is 0.416 e. The van der Waals surface area contributed by atoms with Gasteiger partial charge in [0.15, 0.2) is 0 Å². The van der Waals surface area contributed by atoms with Crippen molar-refractivity contribution in [3.05, 3.63) is 35.4 Å². The molecule has 0 saturated carbocycles. The predicted molar refractivity (Wildman–Crippen MR) is 109 cm³/mol. The summed E-state index contributed by atoms with van der Waals surface area (Å²) in [5, 5.41) is 7.14. The summed E-state index contributed by atoms with van der Waals surface area (Å²) in [5.41, 5.74) is 0.534. The molecule has 1 atom stereocenters. The smallest absolute Gasteiger partial charge is 0.391 e. The fourth-order valence-corrected chi connectivity index (χ4v) is 3.15. The van der Waals surface area contributed by atoms with Crippen molar-refractivity contribution in [2.45, 2.75) is 51.9 Å². The summed E-state index contributed by atoms with van der Waals surface area (Å²) in [5.74, 6) is 0.521. The van der Waals surface area contributed by atoms with Crippen LogP contribution in [0.15, 0.2) is 29.4 Å². The Bertz CT molecular complexity index is 686. The van der Waals surface area contributed by atoms with Crippen LogP contribution in [0.3, 0.4) is 0 Å². The normalized spacial score (nSPS) is 15.7. The summed E-state index contributed by atoms with van der Waals surface area (Å²) < 4.78 is 38.2. The summed E-state index contributed by atoms with van der Waals surface area (Å²) in [6.45, 7) is 5.29. The summed E-state index contributed by atoms with van der Waals surface area (Å²) >= 11 is 0. The number of amides is 1. The van der Waals surface area contributed by atoms with E-state index < -0.39 is 11.7 Å². The van der Waals surface area contributed by atoms with Crippen molar-refractivity contribution in [2.24, 2.45) is 11.1 Å². The van der Waals surface area contributed by atoms with Gasteiger partial charge in [-0.3, -0.25) is 4.79 Å². The van der Waals surface area contributed by atoms with Gasteiger partial charge in [0, 0.05) is 25.9 Å². The van der Waals surface area contributed by atoms with Gasteiger partial charge in [0.25, 0.3) is 0 Å². The fraction of sp³-hybridized carbons (Fsp3) is 0.600. The first-order valence-electron chi connectivity index (χ1n) is 9.50. The third-order valence-electron chi connectivity index (χ3n) is 4.69. The number of carbonyl (C=O) groups excluding carboxylic acids is 1. The van der Waals surface area contributed by atoms with Gasteiger partial charge in [0.2, 0.25) is 5.91 Å². The van der Waals surface area contributed by atoms with E-state index in [4.69, 9.17) is 4.84 Å². The number of carbonyl (C=O) groups is 1. The van der Waals surface area contributed by atoms with E-state index >= 15 is 0 Å². The molecule has 0 spiro atoms. The quantitative estimate of drug-likeness (QED) is 0.651. The summed E-state index contributed by atoms with van der Waals surface area (Å²) in [4.78, 5) is 19.7. The molecule has 9 heteroatoms. The van der Waals surface area contributed by atoms with Gasteiger partial charge in [-0.05, 0) is 37.1 Å². The first kappa shape index (κ1) is 25.2. The van der Waals surface area contributed by atoms with Crippen molar-refractivity contribution < 1.29 is 22.8 Å². The lowest BCUT2D eigenvalue weighted by molar-refractivity contribution is -0.137. The van der Waals surface area contributed by atoms with E-state index in [2.05, 4.69) is 24.3 Å². The van der Waals surface area contributed by atoms with Gasteiger partial charge >= 0.3 is 6.18 Å². The number of piperidine rings is 1. The number of nitrogens with one attached hydrogen (secondary N) is 1. The average molecular weight is 436 g/mol. The van der Waals surface area contributed by atoms with Crippen molar-refractivity contribution >= 4 is 24.0 Å². The maximum Gasteiger partial charge on any atom is 0.416 e. The van der Waals surface area contributed by atoms with Gasteiger partial charge in [0.05, 0.1) is 17.3 Å². The van der Waals surface area contributed by atoms with Crippen molar-refractivity contribution in [3.63, 3.8) is 0 Å². The van der Waals surface area contributed by atoms with Crippen LogP contribution in [0.1, 0.15) is 44.2 Å². The van der Waals surface area contributed by atoms with Gasteiger partial charge in [0.1, 0.15) is 6.61 Å². The molecule has 164 valence electrons. The van der Waals surface area contributed by atoms with E-state index in [1.807, 2.05) is 4.90 Å². The van der Waals surface area contributed by atoms with Crippen LogP contribution >= 0.6 is 12.4 Å². The van der Waals surface area contributed by atoms with Crippen LogP contribution in [0.5, 0.6) is 0 Å². The molecule has 1 aromatic rings. The molecule has 1 saturated heterocycles. The molecule has 1 N–H and O–H groups in total. The molecule has 1 aliphatic rings. The maximum absolute atomic E-state index is 12.7. The van der Waals surface area contributed by atoms with E-state index in [0.29, 0.717) is 37.4 Å². The highest BCUT2D eigenvalue weighted by Gasteiger charge is 2.30. The van der Waals surface area contributed by atoms with Gasteiger partial charge in [-0.1, -0.05) is 31.1 Å². The zero-order valence-electron chi connectivity index (χ0n) is 17.0. The highest BCUT2D eigenvalue weighted by atomic mass is 35.5. The number of alkyl halides is 3. The first-order valence-corrected chi connectivity index (χ1v) is 9.50. The minimum absolute atomic E-state index is 0. The molecular formula is C20H29ClF3N3O2. The van der Waals surface area contributed by atoms with Crippen LogP contribution in [0, 0.1) is 5.92 Å². The zero-order chi connectivity index (χ0) is 20.7. The van der Waals surface area contributed by atoms with Gasteiger partial charge in [-0.25, -0.2) is 0 Å². The number of rotatable bonds is 7. The van der Waals surface area contributed by atoms with Gasteiger partial charge in [-0.15, -0.1) is 12.4 Å². The Morgan fingerprint density at radius 1 is 1.28 bits per heavy atom. The number of halogens is 4. The molecule has 0 aromatic heterocycles. The maximum atomic E-state index is 12.7. The second-order valence-electron chi connectivity index (χ2n) is 7.43.